The van der Waals surface area contributed by atoms with E-state index in [4.69, 9.17) is 8.94 Å². The molecule has 0 unspecified atom stereocenters. The van der Waals surface area contributed by atoms with E-state index in [1.54, 1.807) is 6.26 Å². The number of amides is 1. The van der Waals surface area contributed by atoms with Crippen LogP contribution in [-0.2, 0) is 4.79 Å². The van der Waals surface area contributed by atoms with Crippen LogP contribution in [0.2, 0.25) is 0 Å². The van der Waals surface area contributed by atoms with Gasteiger partial charge in [0.1, 0.15) is 5.76 Å². The molecule has 0 radical (unpaired) electrons. The third-order valence-electron chi connectivity index (χ3n) is 4.57. The molecule has 2 atom stereocenters. The number of piperazine rings is 1. The summed E-state index contributed by atoms with van der Waals surface area (Å²) in [5.41, 5.74) is 0. The maximum absolute atomic E-state index is 12.2. The minimum absolute atomic E-state index is 0.0120. The fourth-order valence-electron chi connectivity index (χ4n) is 3.05. The van der Waals surface area contributed by atoms with E-state index >= 15 is 0 Å². The minimum atomic E-state index is -0.121. The van der Waals surface area contributed by atoms with Crippen molar-refractivity contribution in [3.63, 3.8) is 0 Å². The van der Waals surface area contributed by atoms with E-state index in [0.717, 1.165) is 31.9 Å². The summed E-state index contributed by atoms with van der Waals surface area (Å²) in [5.74, 6) is 2.08. The van der Waals surface area contributed by atoms with Crippen LogP contribution in [0.5, 0.6) is 0 Å². The van der Waals surface area contributed by atoms with E-state index in [1.807, 2.05) is 26.0 Å². The first kappa shape index (κ1) is 17.6. The molecule has 0 aliphatic carbocycles. The monoisotopic (exact) mass is 347 g/mol. The molecular weight excluding hydrogens is 322 g/mol. The quantitative estimate of drug-likeness (QED) is 0.848. The second-order valence-electron chi connectivity index (χ2n) is 6.47. The molecule has 25 heavy (non-hydrogen) atoms. The van der Waals surface area contributed by atoms with Crippen LogP contribution < -0.4 is 5.32 Å². The molecule has 0 spiro atoms. The summed E-state index contributed by atoms with van der Waals surface area (Å²) in [6.45, 7) is 9.60. The maximum atomic E-state index is 12.2. The van der Waals surface area contributed by atoms with Gasteiger partial charge in [-0.25, -0.2) is 0 Å². The van der Waals surface area contributed by atoms with Crippen LogP contribution in [0.1, 0.15) is 43.4 Å². The summed E-state index contributed by atoms with van der Waals surface area (Å²) < 4.78 is 10.6. The Balaban J connectivity index is 1.43. The molecule has 1 aliphatic rings. The summed E-state index contributed by atoms with van der Waals surface area (Å²) in [5, 5.41) is 6.82. The van der Waals surface area contributed by atoms with Crippen molar-refractivity contribution in [3.8, 4) is 0 Å². The Morgan fingerprint density at radius 3 is 2.68 bits per heavy atom. The molecule has 2 aromatic heterocycles. The number of nitrogens with zero attached hydrogens (tertiary/aromatic N) is 4. The number of furan rings is 1. The Morgan fingerprint density at radius 1 is 1.32 bits per heavy atom. The number of nitrogens with one attached hydrogen (secondary N) is 1. The summed E-state index contributed by atoms with van der Waals surface area (Å²) >= 11 is 0. The zero-order chi connectivity index (χ0) is 17.8. The van der Waals surface area contributed by atoms with E-state index in [0.29, 0.717) is 18.3 Å². The van der Waals surface area contributed by atoms with Crippen LogP contribution in [0.4, 0.5) is 0 Å². The first-order valence-corrected chi connectivity index (χ1v) is 8.62. The predicted octanol–water partition coefficient (Wildman–Crippen LogP) is 1.53. The van der Waals surface area contributed by atoms with Gasteiger partial charge >= 0.3 is 0 Å². The van der Waals surface area contributed by atoms with Crippen molar-refractivity contribution in [1.82, 2.24) is 25.3 Å². The lowest BCUT2D eigenvalue weighted by Crippen LogP contribution is -2.50. The lowest BCUT2D eigenvalue weighted by atomic mass is 10.2. The molecule has 1 aliphatic heterocycles. The third-order valence-corrected chi connectivity index (χ3v) is 4.57. The average Bonchev–Trinajstić information content (AvgIpc) is 3.26. The second-order valence-corrected chi connectivity index (χ2v) is 6.47. The number of aromatic nitrogens is 2. The van der Waals surface area contributed by atoms with Gasteiger partial charge in [-0.05, 0) is 32.9 Å². The highest BCUT2D eigenvalue weighted by molar-refractivity contribution is 5.78. The van der Waals surface area contributed by atoms with E-state index < -0.39 is 0 Å². The van der Waals surface area contributed by atoms with E-state index in [2.05, 4.69) is 32.2 Å². The predicted molar refractivity (Wildman–Crippen MR) is 90.7 cm³/mol. The molecule has 136 valence electrons. The topological polar surface area (TPSA) is 87.6 Å². The van der Waals surface area contributed by atoms with Crippen molar-refractivity contribution >= 4 is 5.91 Å². The van der Waals surface area contributed by atoms with Crippen LogP contribution in [-0.4, -0.2) is 58.6 Å². The molecule has 8 heteroatoms. The van der Waals surface area contributed by atoms with Gasteiger partial charge in [-0.15, -0.1) is 0 Å². The van der Waals surface area contributed by atoms with Gasteiger partial charge in [-0.3, -0.25) is 14.6 Å². The fourth-order valence-corrected chi connectivity index (χ4v) is 3.05. The highest BCUT2D eigenvalue weighted by atomic mass is 16.5. The van der Waals surface area contributed by atoms with Gasteiger partial charge in [-0.1, -0.05) is 5.16 Å². The zero-order valence-electron chi connectivity index (χ0n) is 14.9. The van der Waals surface area contributed by atoms with Gasteiger partial charge in [-0.2, -0.15) is 4.98 Å². The van der Waals surface area contributed by atoms with Gasteiger partial charge in [0.15, 0.2) is 5.82 Å². The first-order valence-electron chi connectivity index (χ1n) is 8.62. The highest BCUT2D eigenvalue weighted by Crippen LogP contribution is 2.20. The summed E-state index contributed by atoms with van der Waals surface area (Å²) in [4.78, 5) is 21.0. The van der Waals surface area contributed by atoms with Crippen LogP contribution in [0.15, 0.2) is 27.3 Å². The number of carbonyl (C=O) groups is 1. The van der Waals surface area contributed by atoms with Crippen molar-refractivity contribution in [2.45, 2.75) is 32.9 Å². The summed E-state index contributed by atoms with van der Waals surface area (Å²) in [6, 6.07) is 3.66. The Morgan fingerprint density at radius 2 is 2.08 bits per heavy atom. The Kier molecular flexibility index (Phi) is 5.50. The average molecular weight is 347 g/mol. The van der Waals surface area contributed by atoms with Crippen LogP contribution >= 0.6 is 0 Å². The first-order chi connectivity index (χ1) is 12.0. The maximum Gasteiger partial charge on any atom is 0.243 e. The number of hydrogen-bond acceptors (Lipinski definition) is 7. The van der Waals surface area contributed by atoms with Gasteiger partial charge in [0.05, 0.1) is 24.9 Å². The van der Waals surface area contributed by atoms with Gasteiger partial charge < -0.3 is 14.3 Å². The largest absolute Gasteiger partial charge is 0.467 e. The molecule has 1 amide bonds. The number of carbonyl (C=O) groups excluding carboxylic acids is 1. The van der Waals surface area contributed by atoms with Crippen molar-refractivity contribution in [3.05, 3.63) is 35.9 Å². The van der Waals surface area contributed by atoms with Crippen molar-refractivity contribution in [1.29, 1.82) is 0 Å². The lowest BCUT2D eigenvalue weighted by Gasteiger charge is -2.36. The number of hydrogen-bond donors (Lipinski definition) is 1. The molecule has 0 saturated carbocycles. The second kappa shape index (κ2) is 7.79. The van der Waals surface area contributed by atoms with Crippen LogP contribution in [0.3, 0.4) is 0 Å². The standard InChI is InChI=1S/C17H25N5O3/c1-12(15-5-4-10-24-15)18-16(23)11-21-6-8-22(9-7-21)13(2)17-19-14(3)20-25-17/h4-5,10,12-13H,6-9,11H2,1-3H3,(H,18,23)/t12-,13+/m1/s1. The lowest BCUT2D eigenvalue weighted by molar-refractivity contribution is -0.123. The zero-order valence-corrected chi connectivity index (χ0v) is 14.9. The van der Waals surface area contributed by atoms with Gasteiger partial charge in [0.2, 0.25) is 11.8 Å². The molecule has 0 aromatic carbocycles. The minimum Gasteiger partial charge on any atom is -0.467 e. The Bertz CT molecular complexity index is 676. The van der Waals surface area contributed by atoms with Crippen molar-refractivity contribution in [2.75, 3.05) is 32.7 Å². The molecule has 2 aromatic rings. The van der Waals surface area contributed by atoms with Crippen molar-refractivity contribution < 1.29 is 13.7 Å². The Hall–Kier alpha value is -2.19. The fraction of sp³-hybridized carbons (Fsp3) is 0.588. The SMILES string of the molecule is Cc1noc([C@H](C)N2CCN(CC(=O)N[C@H](C)c3ccco3)CC2)n1. The molecule has 1 N–H and O–H groups in total. The molecule has 1 fully saturated rings. The van der Waals surface area contributed by atoms with E-state index in [-0.39, 0.29) is 18.0 Å². The molecule has 3 rings (SSSR count). The highest BCUT2D eigenvalue weighted by Gasteiger charge is 2.26. The normalized spacial score (nSPS) is 18.8. The van der Waals surface area contributed by atoms with Gasteiger partial charge in [0, 0.05) is 26.2 Å². The Labute approximate surface area is 147 Å². The van der Waals surface area contributed by atoms with Crippen LogP contribution in [0.25, 0.3) is 0 Å². The van der Waals surface area contributed by atoms with Gasteiger partial charge in [0.25, 0.3) is 0 Å². The summed E-state index contributed by atoms with van der Waals surface area (Å²) in [6.07, 6.45) is 1.61. The molecule has 0 bridgehead atoms. The number of rotatable bonds is 6. The number of aryl methyl sites for hydroxylation is 1. The van der Waals surface area contributed by atoms with Crippen molar-refractivity contribution in [2.24, 2.45) is 0 Å². The molecule has 1 saturated heterocycles. The third kappa shape index (κ3) is 4.46. The molecule has 3 heterocycles. The molecule has 8 nitrogen and oxygen atoms in total. The summed E-state index contributed by atoms with van der Waals surface area (Å²) in [7, 11) is 0. The van der Waals surface area contributed by atoms with Crippen LogP contribution in [0, 0.1) is 6.92 Å². The van der Waals surface area contributed by atoms with E-state index in [9.17, 15) is 4.79 Å². The smallest absolute Gasteiger partial charge is 0.243 e. The molecular formula is C17H25N5O3. The van der Waals surface area contributed by atoms with E-state index in [1.165, 1.54) is 0 Å².